The van der Waals surface area contributed by atoms with Crippen LogP contribution in [0.25, 0.3) is 0 Å². The number of carbonyl (C=O) groups excluding carboxylic acids is 2. The molecule has 1 unspecified atom stereocenters. The highest BCUT2D eigenvalue weighted by Crippen LogP contribution is 2.34. The zero-order valence-electron chi connectivity index (χ0n) is 15.5. The lowest BCUT2D eigenvalue weighted by Gasteiger charge is -2.23. The molecule has 1 saturated heterocycles. The van der Waals surface area contributed by atoms with Gasteiger partial charge in [-0.1, -0.05) is 18.2 Å². The number of thiophene rings is 1. The Hall–Kier alpha value is -2.39. The van der Waals surface area contributed by atoms with Crippen molar-refractivity contribution in [1.82, 2.24) is 4.90 Å². The highest BCUT2D eigenvalue weighted by atomic mass is 32.1. The van der Waals surface area contributed by atoms with E-state index < -0.39 is 18.8 Å². The van der Waals surface area contributed by atoms with Crippen LogP contribution >= 0.6 is 11.3 Å². The molecule has 1 aromatic heterocycles. The van der Waals surface area contributed by atoms with Crippen LogP contribution in [0.5, 0.6) is 0 Å². The quantitative estimate of drug-likeness (QED) is 0.617. The smallest absolute Gasteiger partial charge is 0.411 e. The van der Waals surface area contributed by atoms with Gasteiger partial charge in [0.05, 0.1) is 18.2 Å². The van der Waals surface area contributed by atoms with Crippen LogP contribution in [-0.4, -0.2) is 42.7 Å². The molecule has 156 valence electrons. The average Bonchev–Trinajstić information content (AvgIpc) is 3.36. The number of ether oxygens (including phenoxy) is 2. The van der Waals surface area contributed by atoms with Crippen molar-refractivity contribution in [2.75, 3.05) is 19.8 Å². The molecule has 0 radical (unpaired) electrons. The van der Waals surface area contributed by atoms with Crippen molar-refractivity contribution in [2.45, 2.75) is 31.7 Å². The Balaban J connectivity index is 1.48. The molecule has 0 N–H and O–H groups in total. The Labute approximate surface area is 170 Å². The van der Waals surface area contributed by atoms with E-state index in [4.69, 9.17) is 4.74 Å². The van der Waals surface area contributed by atoms with Crippen LogP contribution in [0.15, 0.2) is 41.8 Å². The molecule has 2 heterocycles. The summed E-state index contributed by atoms with van der Waals surface area (Å²) in [5.41, 5.74) is 0.714. The molecule has 1 aromatic carbocycles. The summed E-state index contributed by atoms with van der Waals surface area (Å²) in [6, 6.07) is 9.81. The van der Waals surface area contributed by atoms with Crippen LogP contribution in [0.4, 0.5) is 13.2 Å². The van der Waals surface area contributed by atoms with Gasteiger partial charge in [0.25, 0.3) is 5.91 Å². The topological polar surface area (TPSA) is 55.8 Å². The van der Waals surface area contributed by atoms with Crippen molar-refractivity contribution in [2.24, 2.45) is 0 Å². The molecule has 0 bridgehead atoms. The molecular formula is C20H20F3NO4S. The summed E-state index contributed by atoms with van der Waals surface area (Å²) in [5, 5.41) is 1.97. The fourth-order valence-corrected chi connectivity index (χ4v) is 4.03. The first-order valence-corrected chi connectivity index (χ1v) is 9.95. The summed E-state index contributed by atoms with van der Waals surface area (Å²) in [4.78, 5) is 27.5. The van der Waals surface area contributed by atoms with Crippen LogP contribution in [0, 0.1) is 0 Å². The first-order chi connectivity index (χ1) is 13.8. The summed E-state index contributed by atoms with van der Waals surface area (Å²) in [5.74, 6) is -0.903. The molecule has 1 atom stereocenters. The number of benzene rings is 1. The Morgan fingerprint density at radius 1 is 1.17 bits per heavy atom. The minimum absolute atomic E-state index is 0.0252. The molecular weight excluding hydrogens is 407 g/mol. The van der Waals surface area contributed by atoms with E-state index in [2.05, 4.69) is 4.74 Å². The molecule has 1 fully saturated rings. The van der Waals surface area contributed by atoms with Crippen molar-refractivity contribution in [3.8, 4) is 0 Å². The predicted molar refractivity (Wildman–Crippen MR) is 100 cm³/mol. The van der Waals surface area contributed by atoms with Crippen LogP contribution in [0.2, 0.25) is 0 Å². The zero-order valence-corrected chi connectivity index (χ0v) is 16.3. The average molecular weight is 427 g/mol. The molecule has 5 nitrogen and oxygen atoms in total. The second-order valence-electron chi connectivity index (χ2n) is 6.64. The van der Waals surface area contributed by atoms with Gasteiger partial charge in [0.2, 0.25) is 0 Å². The minimum Gasteiger partial charge on any atom is -0.452 e. The van der Waals surface area contributed by atoms with Gasteiger partial charge in [-0.2, -0.15) is 13.2 Å². The zero-order chi connectivity index (χ0) is 20.9. The van der Waals surface area contributed by atoms with Crippen molar-refractivity contribution < 1.29 is 32.2 Å². The maximum absolute atomic E-state index is 12.5. The number of alkyl halides is 3. The Kier molecular flexibility index (Phi) is 6.92. The fourth-order valence-electron chi connectivity index (χ4n) is 3.16. The molecule has 1 aliphatic heterocycles. The summed E-state index contributed by atoms with van der Waals surface area (Å²) in [7, 11) is 0. The molecule has 1 aliphatic rings. The highest BCUT2D eigenvalue weighted by molar-refractivity contribution is 7.10. The molecule has 0 spiro atoms. The Bertz CT molecular complexity index is 821. The lowest BCUT2D eigenvalue weighted by atomic mass is 10.1. The lowest BCUT2D eigenvalue weighted by Crippen LogP contribution is -2.34. The number of hydrogen-bond acceptors (Lipinski definition) is 5. The van der Waals surface area contributed by atoms with E-state index in [0.717, 1.165) is 17.7 Å². The summed E-state index contributed by atoms with van der Waals surface area (Å²) in [6.07, 6.45) is -2.59. The normalized spacial score (nSPS) is 16.8. The second-order valence-corrected chi connectivity index (χ2v) is 7.62. The van der Waals surface area contributed by atoms with Gasteiger partial charge in [0.1, 0.15) is 6.61 Å². The van der Waals surface area contributed by atoms with E-state index in [1.165, 1.54) is 24.3 Å². The number of carbonyl (C=O) groups is 2. The maximum Gasteiger partial charge on any atom is 0.411 e. The van der Waals surface area contributed by atoms with Crippen molar-refractivity contribution in [3.05, 3.63) is 57.8 Å². The first kappa shape index (κ1) is 21.3. The standard InChI is InChI=1S/C20H20F3NO4S/c21-20(22,23)13-27-11-14-5-7-15(8-6-14)19(26)28-12-18(25)24-9-1-3-16(24)17-4-2-10-29-17/h2,4-8,10,16H,1,3,9,11-13H2. The van der Waals surface area contributed by atoms with Crippen LogP contribution in [0.1, 0.15) is 39.7 Å². The third-order valence-corrected chi connectivity index (χ3v) is 5.47. The van der Waals surface area contributed by atoms with E-state index in [1.807, 2.05) is 17.5 Å². The molecule has 2 aromatic rings. The SMILES string of the molecule is O=C(OCC(=O)N1CCCC1c1cccs1)c1ccc(COCC(F)(F)F)cc1. The molecule has 0 aliphatic carbocycles. The first-order valence-electron chi connectivity index (χ1n) is 9.07. The van der Waals surface area contributed by atoms with E-state index in [0.29, 0.717) is 12.1 Å². The summed E-state index contributed by atoms with van der Waals surface area (Å²) in [6.45, 7) is -1.27. The highest BCUT2D eigenvalue weighted by Gasteiger charge is 2.31. The van der Waals surface area contributed by atoms with Crippen LogP contribution in [0.3, 0.4) is 0 Å². The van der Waals surface area contributed by atoms with Gasteiger partial charge in [-0.15, -0.1) is 11.3 Å². The van der Waals surface area contributed by atoms with Gasteiger partial charge >= 0.3 is 12.1 Å². The van der Waals surface area contributed by atoms with Gasteiger partial charge in [0, 0.05) is 11.4 Å². The molecule has 3 rings (SSSR count). The van der Waals surface area contributed by atoms with Crippen LogP contribution in [-0.2, 0) is 20.9 Å². The minimum atomic E-state index is -4.38. The van der Waals surface area contributed by atoms with Crippen LogP contribution < -0.4 is 0 Å². The monoisotopic (exact) mass is 427 g/mol. The van der Waals surface area contributed by atoms with Gasteiger partial charge in [-0.05, 0) is 42.0 Å². The molecule has 0 saturated carbocycles. The van der Waals surface area contributed by atoms with Gasteiger partial charge < -0.3 is 14.4 Å². The second kappa shape index (κ2) is 9.41. The Morgan fingerprint density at radius 2 is 1.93 bits per heavy atom. The molecule has 1 amide bonds. The van der Waals surface area contributed by atoms with E-state index in [-0.39, 0.29) is 30.7 Å². The number of nitrogens with zero attached hydrogens (tertiary/aromatic N) is 1. The largest absolute Gasteiger partial charge is 0.452 e. The van der Waals surface area contributed by atoms with Crippen molar-refractivity contribution in [1.29, 1.82) is 0 Å². The Morgan fingerprint density at radius 3 is 2.59 bits per heavy atom. The van der Waals surface area contributed by atoms with Gasteiger partial charge in [0.15, 0.2) is 6.61 Å². The van der Waals surface area contributed by atoms with Crippen molar-refractivity contribution in [3.63, 3.8) is 0 Å². The summed E-state index contributed by atoms with van der Waals surface area (Å²) < 4.78 is 45.9. The van der Waals surface area contributed by atoms with E-state index in [1.54, 1.807) is 16.2 Å². The molecule has 29 heavy (non-hydrogen) atoms. The number of halogens is 3. The number of amides is 1. The molecule has 9 heteroatoms. The van der Waals surface area contributed by atoms with Gasteiger partial charge in [-0.3, -0.25) is 4.79 Å². The fraction of sp³-hybridized carbons (Fsp3) is 0.400. The number of esters is 1. The number of likely N-dealkylation sites (tertiary alicyclic amines) is 1. The maximum atomic E-state index is 12.5. The van der Waals surface area contributed by atoms with E-state index >= 15 is 0 Å². The lowest BCUT2D eigenvalue weighted by molar-refractivity contribution is -0.176. The van der Waals surface area contributed by atoms with Crippen molar-refractivity contribution >= 4 is 23.2 Å². The van der Waals surface area contributed by atoms with E-state index in [9.17, 15) is 22.8 Å². The number of rotatable bonds is 7. The van der Waals surface area contributed by atoms with Gasteiger partial charge in [-0.25, -0.2) is 4.79 Å². The number of hydrogen-bond donors (Lipinski definition) is 0. The summed E-state index contributed by atoms with van der Waals surface area (Å²) >= 11 is 1.60. The third kappa shape index (κ3) is 6.04. The third-order valence-electron chi connectivity index (χ3n) is 4.50. The predicted octanol–water partition coefficient (Wildman–Crippen LogP) is 4.35.